The SMILES string of the molecule is CSc1ccc(Cl)c(C(=O)NC(c2ccccc2)C(C)C)c1. The summed E-state index contributed by atoms with van der Waals surface area (Å²) in [6, 6.07) is 15.5. The molecule has 0 fully saturated rings. The van der Waals surface area contributed by atoms with Crippen molar-refractivity contribution >= 4 is 29.3 Å². The predicted molar refractivity (Wildman–Crippen MR) is 94.7 cm³/mol. The van der Waals surface area contributed by atoms with Gasteiger partial charge in [0, 0.05) is 4.90 Å². The fourth-order valence-corrected chi connectivity index (χ4v) is 2.96. The number of benzene rings is 2. The lowest BCUT2D eigenvalue weighted by Gasteiger charge is -2.23. The van der Waals surface area contributed by atoms with Gasteiger partial charge < -0.3 is 5.32 Å². The molecule has 0 aromatic heterocycles. The number of carbonyl (C=O) groups is 1. The molecule has 0 spiro atoms. The van der Waals surface area contributed by atoms with Crippen LogP contribution in [-0.2, 0) is 0 Å². The fourth-order valence-electron chi connectivity index (χ4n) is 2.32. The van der Waals surface area contributed by atoms with Crippen molar-refractivity contribution in [1.82, 2.24) is 5.32 Å². The largest absolute Gasteiger partial charge is 0.345 e. The Hall–Kier alpha value is -1.45. The van der Waals surface area contributed by atoms with Crippen molar-refractivity contribution in [3.8, 4) is 0 Å². The number of rotatable bonds is 5. The van der Waals surface area contributed by atoms with E-state index in [1.54, 1.807) is 17.8 Å². The van der Waals surface area contributed by atoms with Crippen LogP contribution in [0.3, 0.4) is 0 Å². The highest BCUT2D eigenvalue weighted by Crippen LogP contribution is 2.26. The van der Waals surface area contributed by atoms with E-state index in [2.05, 4.69) is 19.2 Å². The summed E-state index contributed by atoms with van der Waals surface area (Å²) >= 11 is 7.78. The Morgan fingerprint density at radius 3 is 2.41 bits per heavy atom. The summed E-state index contributed by atoms with van der Waals surface area (Å²) in [7, 11) is 0. The molecule has 0 bridgehead atoms. The highest BCUT2D eigenvalue weighted by Gasteiger charge is 2.20. The van der Waals surface area contributed by atoms with Crippen LogP contribution in [0.1, 0.15) is 35.8 Å². The van der Waals surface area contributed by atoms with Crippen molar-refractivity contribution in [1.29, 1.82) is 0 Å². The van der Waals surface area contributed by atoms with E-state index in [1.807, 2.05) is 48.7 Å². The molecule has 1 N–H and O–H groups in total. The van der Waals surface area contributed by atoms with E-state index < -0.39 is 0 Å². The second-order valence-corrected chi connectivity index (χ2v) is 6.74. The van der Waals surface area contributed by atoms with Crippen molar-refractivity contribution in [2.45, 2.75) is 24.8 Å². The first-order valence-corrected chi connectivity index (χ1v) is 8.82. The minimum absolute atomic E-state index is 0.0392. The quantitative estimate of drug-likeness (QED) is 0.763. The molecule has 2 rings (SSSR count). The van der Waals surface area contributed by atoms with Gasteiger partial charge in [-0.1, -0.05) is 55.8 Å². The van der Waals surface area contributed by atoms with Gasteiger partial charge in [0.15, 0.2) is 0 Å². The number of carbonyl (C=O) groups excluding carboxylic acids is 1. The lowest BCUT2D eigenvalue weighted by Crippen LogP contribution is -2.31. The molecule has 2 aromatic rings. The van der Waals surface area contributed by atoms with Crippen LogP contribution in [0.4, 0.5) is 0 Å². The summed E-state index contributed by atoms with van der Waals surface area (Å²) in [5, 5.41) is 3.59. The van der Waals surface area contributed by atoms with E-state index in [0.29, 0.717) is 10.6 Å². The van der Waals surface area contributed by atoms with Gasteiger partial charge >= 0.3 is 0 Å². The maximum absolute atomic E-state index is 12.6. The Bertz CT molecular complexity index is 643. The third-order valence-electron chi connectivity index (χ3n) is 3.53. The van der Waals surface area contributed by atoms with Gasteiger partial charge in [0.25, 0.3) is 5.91 Å². The molecule has 1 amide bonds. The molecule has 0 saturated heterocycles. The molecule has 0 heterocycles. The molecular weight excluding hydrogens is 314 g/mol. The zero-order chi connectivity index (χ0) is 16.1. The zero-order valence-corrected chi connectivity index (χ0v) is 14.5. The molecule has 1 unspecified atom stereocenters. The molecule has 2 nitrogen and oxygen atoms in total. The Labute approximate surface area is 141 Å². The van der Waals surface area contributed by atoms with Gasteiger partial charge in [0.2, 0.25) is 0 Å². The number of nitrogens with one attached hydrogen (secondary N) is 1. The Morgan fingerprint density at radius 2 is 1.82 bits per heavy atom. The molecule has 0 radical (unpaired) electrons. The molecular formula is C18H20ClNOS. The Balaban J connectivity index is 2.26. The second kappa shape index (κ2) is 7.70. The monoisotopic (exact) mass is 333 g/mol. The number of hydrogen-bond acceptors (Lipinski definition) is 2. The minimum atomic E-state index is -0.136. The highest BCUT2D eigenvalue weighted by molar-refractivity contribution is 7.98. The summed E-state index contributed by atoms with van der Waals surface area (Å²) < 4.78 is 0. The average molecular weight is 334 g/mol. The molecule has 2 aromatic carbocycles. The number of amides is 1. The molecule has 1 atom stereocenters. The Morgan fingerprint density at radius 1 is 1.14 bits per heavy atom. The lowest BCUT2D eigenvalue weighted by molar-refractivity contribution is 0.0925. The van der Waals surface area contributed by atoms with Crippen molar-refractivity contribution in [2.75, 3.05) is 6.26 Å². The van der Waals surface area contributed by atoms with Crippen molar-refractivity contribution in [3.05, 3.63) is 64.7 Å². The van der Waals surface area contributed by atoms with Gasteiger partial charge in [-0.05, 0) is 35.9 Å². The number of thioether (sulfide) groups is 1. The standard InChI is InChI=1S/C18H20ClNOS/c1-12(2)17(13-7-5-4-6-8-13)20-18(21)15-11-14(22-3)9-10-16(15)19/h4-12,17H,1-3H3,(H,20,21). The Kier molecular flexibility index (Phi) is 5.92. The van der Waals surface area contributed by atoms with E-state index in [4.69, 9.17) is 11.6 Å². The van der Waals surface area contributed by atoms with Crippen molar-refractivity contribution in [3.63, 3.8) is 0 Å². The first-order chi connectivity index (χ1) is 10.5. The summed E-state index contributed by atoms with van der Waals surface area (Å²) in [5.41, 5.74) is 1.62. The van der Waals surface area contributed by atoms with Crippen molar-refractivity contribution in [2.24, 2.45) is 5.92 Å². The minimum Gasteiger partial charge on any atom is -0.345 e. The van der Waals surface area contributed by atoms with Crippen molar-refractivity contribution < 1.29 is 4.79 Å². The van der Waals surface area contributed by atoms with E-state index in [-0.39, 0.29) is 17.9 Å². The summed E-state index contributed by atoms with van der Waals surface area (Å²) in [5.74, 6) is 0.150. The summed E-state index contributed by atoms with van der Waals surface area (Å²) in [4.78, 5) is 13.6. The van der Waals surface area contributed by atoms with Crippen LogP contribution in [0.2, 0.25) is 5.02 Å². The van der Waals surface area contributed by atoms with E-state index in [1.165, 1.54) is 0 Å². The molecule has 4 heteroatoms. The lowest BCUT2D eigenvalue weighted by atomic mass is 9.95. The summed E-state index contributed by atoms with van der Waals surface area (Å²) in [6.45, 7) is 4.19. The normalized spacial score (nSPS) is 12.2. The topological polar surface area (TPSA) is 29.1 Å². The van der Waals surface area contributed by atoms with Crippen LogP contribution in [0, 0.1) is 5.92 Å². The number of hydrogen-bond donors (Lipinski definition) is 1. The zero-order valence-electron chi connectivity index (χ0n) is 13.0. The maximum atomic E-state index is 12.6. The fraction of sp³-hybridized carbons (Fsp3) is 0.278. The van der Waals surface area contributed by atoms with Crippen LogP contribution in [-0.4, -0.2) is 12.2 Å². The molecule has 0 aliphatic heterocycles. The molecule has 22 heavy (non-hydrogen) atoms. The number of halogens is 1. The van der Waals surface area contributed by atoms with Crippen LogP contribution in [0.15, 0.2) is 53.4 Å². The molecule has 116 valence electrons. The van der Waals surface area contributed by atoms with Gasteiger partial charge in [-0.3, -0.25) is 4.79 Å². The van der Waals surface area contributed by atoms with E-state index in [0.717, 1.165) is 10.5 Å². The highest BCUT2D eigenvalue weighted by atomic mass is 35.5. The smallest absolute Gasteiger partial charge is 0.253 e. The second-order valence-electron chi connectivity index (χ2n) is 5.45. The predicted octanol–water partition coefficient (Wildman–Crippen LogP) is 5.19. The first kappa shape index (κ1) is 16.9. The summed E-state index contributed by atoms with van der Waals surface area (Å²) in [6.07, 6.45) is 1.98. The van der Waals surface area contributed by atoms with Gasteiger partial charge in [0.05, 0.1) is 16.6 Å². The van der Waals surface area contributed by atoms with E-state index in [9.17, 15) is 4.79 Å². The van der Waals surface area contributed by atoms with Crippen LogP contribution >= 0.6 is 23.4 Å². The molecule has 0 aliphatic carbocycles. The van der Waals surface area contributed by atoms with Crippen LogP contribution in [0.25, 0.3) is 0 Å². The third kappa shape index (κ3) is 4.05. The van der Waals surface area contributed by atoms with Crippen LogP contribution < -0.4 is 5.32 Å². The molecule has 0 aliphatic rings. The van der Waals surface area contributed by atoms with Gasteiger partial charge in [0.1, 0.15) is 0 Å². The average Bonchev–Trinajstić information content (AvgIpc) is 2.53. The van der Waals surface area contributed by atoms with Gasteiger partial charge in [-0.15, -0.1) is 11.8 Å². The van der Waals surface area contributed by atoms with Gasteiger partial charge in [-0.25, -0.2) is 0 Å². The molecule has 0 saturated carbocycles. The van der Waals surface area contributed by atoms with Crippen LogP contribution in [0.5, 0.6) is 0 Å². The first-order valence-electron chi connectivity index (χ1n) is 7.22. The maximum Gasteiger partial charge on any atom is 0.253 e. The third-order valence-corrected chi connectivity index (χ3v) is 4.59. The van der Waals surface area contributed by atoms with E-state index >= 15 is 0 Å². The van der Waals surface area contributed by atoms with Gasteiger partial charge in [-0.2, -0.15) is 0 Å².